The van der Waals surface area contributed by atoms with Gasteiger partial charge in [0.25, 0.3) is 0 Å². The maximum absolute atomic E-state index is 2.30. The Bertz CT molecular complexity index is 715. The van der Waals surface area contributed by atoms with Crippen LogP contribution in [0, 0.1) is 20.8 Å². The molecule has 0 fully saturated rings. The van der Waals surface area contributed by atoms with Crippen molar-refractivity contribution in [2.75, 3.05) is 0 Å². The third kappa shape index (κ3) is 2.46. The van der Waals surface area contributed by atoms with Gasteiger partial charge >= 0.3 is 0 Å². The minimum atomic E-state index is 1.03. The van der Waals surface area contributed by atoms with Crippen molar-refractivity contribution in [2.45, 2.75) is 27.2 Å². The van der Waals surface area contributed by atoms with Gasteiger partial charge in [-0.3, -0.25) is 0 Å². The van der Waals surface area contributed by atoms with Crippen LogP contribution in [0.3, 0.4) is 0 Å². The van der Waals surface area contributed by atoms with E-state index >= 15 is 0 Å². The van der Waals surface area contributed by atoms with Gasteiger partial charge in [-0.15, -0.1) is 0 Å². The molecule has 0 saturated carbocycles. The van der Waals surface area contributed by atoms with Crippen molar-refractivity contribution in [1.82, 2.24) is 0 Å². The Hall–Kier alpha value is -2.08. The number of hydrogen-bond donors (Lipinski definition) is 0. The molecule has 0 atom stereocenters. The molecule has 0 saturated heterocycles. The van der Waals surface area contributed by atoms with Crippen molar-refractivity contribution in [1.29, 1.82) is 0 Å². The van der Waals surface area contributed by atoms with E-state index in [1.54, 1.807) is 0 Å². The normalized spacial score (nSPS) is 14.2. The molecular formula is C20H20. The van der Waals surface area contributed by atoms with Gasteiger partial charge in [0.05, 0.1) is 0 Å². The molecule has 20 heavy (non-hydrogen) atoms. The summed E-state index contributed by atoms with van der Waals surface area (Å²) in [6.07, 6.45) is 5.56. The summed E-state index contributed by atoms with van der Waals surface area (Å²) in [5, 5.41) is 0. The molecule has 2 aromatic rings. The zero-order valence-electron chi connectivity index (χ0n) is 12.4. The SMILES string of the molecule is Cc1cccc(C2=CC=C(c3ccc(C)c(C)c3)C2)c1. The number of rotatable bonds is 2. The van der Waals surface area contributed by atoms with Crippen LogP contribution in [-0.4, -0.2) is 0 Å². The largest absolute Gasteiger partial charge is 0.0614 e. The van der Waals surface area contributed by atoms with E-state index in [-0.39, 0.29) is 0 Å². The summed E-state index contributed by atoms with van der Waals surface area (Å²) in [6.45, 7) is 6.50. The number of benzene rings is 2. The molecule has 0 amide bonds. The molecule has 0 unspecified atom stereocenters. The van der Waals surface area contributed by atoms with Crippen molar-refractivity contribution in [3.05, 3.63) is 82.4 Å². The summed E-state index contributed by atoms with van der Waals surface area (Å²) in [5.74, 6) is 0. The molecule has 1 aliphatic rings. The third-order valence-corrected chi connectivity index (χ3v) is 4.13. The van der Waals surface area contributed by atoms with Gasteiger partial charge in [0.2, 0.25) is 0 Å². The second-order valence-corrected chi connectivity index (χ2v) is 5.73. The monoisotopic (exact) mass is 260 g/mol. The van der Waals surface area contributed by atoms with Crippen LogP contribution in [0.15, 0.2) is 54.6 Å². The molecule has 1 aliphatic carbocycles. The van der Waals surface area contributed by atoms with Crippen LogP contribution in [0.2, 0.25) is 0 Å². The second kappa shape index (κ2) is 5.13. The predicted molar refractivity (Wildman–Crippen MR) is 87.7 cm³/mol. The predicted octanol–water partition coefficient (Wildman–Crippen LogP) is 5.48. The molecule has 2 aromatic carbocycles. The van der Waals surface area contributed by atoms with Gasteiger partial charge in [0.1, 0.15) is 0 Å². The number of aryl methyl sites for hydroxylation is 3. The number of allylic oxidation sites excluding steroid dienone is 4. The quantitative estimate of drug-likeness (QED) is 0.670. The van der Waals surface area contributed by atoms with Crippen molar-refractivity contribution < 1.29 is 0 Å². The molecule has 0 aromatic heterocycles. The van der Waals surface area contributed by atoms with Crippen LogP contribution in [0.5, 0.6) is 0 Å². The molecule has 0 spiro atoms. The van der Waals surface area contributed by atoms with E-state index in [0.29, 0.717) is 0 Å². The topological polar surface area (TPSA) is 0 Å². The van der Waals surface area contributed by atoms with E-state index in [1.807, 2.05) is 0 Å². The second-order valence-electron chi connectivity index (χ2n) is 5.73. The smallest absolute Gasteiger partial charge is 0.00139 e. The molecule has 0 aliphatic heterocycles. The summed E-state index contributed by atoms with van der Waals surface area (Å²) in [5.41, 5.74) is 9.59. The molecule has 100 valence electrons. The molecule has 0 radical (unpaired) electrons. The minimum Gasteiger partial charge on any atom is -0.0614 e. The Morgan fingerprint density at radius 2 is 1.40 bits per heavy atom. The van der Waals surface area contributed by atoms with Crippen molar-refractivity contribution in [2.24, 2.45) is 0 Å². The van der Waals surface area contributed by atoms with Crippen LogP contribution in [0.25, 0.3) is 11.1 Å². The first-order valence-corrected chi connectivity index (χ1v) is 7.18. The third-order valence-electron chi connectivity index (χ3n) is 4.13. The van der Waals surface area contributed by atoms with E-state index in [0.717, 1.165) is 6.42 Å². The molecular weight excluding hydrogens is 240 g/mol. The molecule has 0 heterocycles. The lowest BCUT2D eigenvalue weighted by Gasteiger charge is -2.09. The van der Waals surface area contributed by atoms with Gasteiger partial charge in [-0.25, -0.2) is 0 Å². The van der Waals surface area contributed by atoms with Gasteiger partial charge in [0, 0.05) is 0 Å². The van der Waals surface area contributed by atoms with Gasteiger partial charge in [-0.1, -0.05) is 60.2 Å². The Labute approximate surface area is 121 Å². The van der Waals surface area contributed by atoms with Crippen LogP contribution < -0.4 is 0 Å². The first-order valence-electron chi connectivity index (χ1n) is 7.18. The summed E-state index contributed by atoms with van der Waals surface area (Å²) in [4.78, 5) is 0. The lowest BCUT2D eigenvalue weighted by Crippen LogP contribution is -1.88. The van der Waals surface area contributed by atoms with E-state index in [2.05, 4.69) is 75.4 Å². The van der Waals surface area contributed by atoms with Crippen molar-refractivity contribution >= 4 is 11.1 Å². The fraction of sp³-hybridized carbons (Fsp3) is 0.200. The number of hydrogen-bond acceptors (Lipinski definition) is 0. The average Bonchev–Trinajstić information content (AvgIpc) is 2.92. The fourth-order valence-electron chi connectivity index (χ4n) is 2.71. The molecule has 0 N–H and O–H groups in total. The molecule has 0 nitrogen and oxygen atoms in total. The van der Waals surface area contributed by atoms with Gasteiger partial charge in [0.15, 0.2) is 0 Å². The first kappa shape index (κ1) is 12.9. The highest BCUT2D eigenvalue weighted by atomic mass is 14.2. The Kier molecular flexibility index (Phi) is 3.31. The van der Waals surface area contributed by atoms with E-state index in [9.17, 15) is 0 Å². The van der Waals surface area contributed by atoms with Crippen LogP contribution in [0.4, 0.5) is 0 Å². The maximum Gasteiger partial charge on any atom is -0.00139 e. The zero-order chi connectivity index (χ0) is 14.1. The highest BCUT2D eigenvalue weighted by Crippen LogP contribution is 2.34. The van der Waals surface area contributed by atoms with Crippen LogP contribution in [0.1, 0.15) is 34.2 Å². The Morgan fingerprint density at radius 3 is 2.05 bits per heavy atom. The minimum absolute atomic E-state index is 1.03. The Morgan fingerprint density at radius 1 is 0.700 bits per heavy atom. The molecule has 0 heteroatoms. The van der Waals surface area contributed by atoms with Gasteiger partial charge < -0.3 is 0 Å². The van der Waals surface area contributed by atoms with Crippen molar-refractivity contribution in [3.8, 4) is 0 Å². The van der Waals surface area contributed by atoms with E-state index in [1.165, 1.54) is 39.0 Å². The van der Waals surface area contributed by atoms with Gasteiger partial charge in [-0.05, 0) is 60.6 Å². The highest BCUT2D eigenvalue weighted by molar-refractivity contribution is 5.86. The van der Waals surface area contributed by atoms with Crippen molar-refractivity contribution in [3.63, 3.8) is 0 Å². The lowest BCUT2D eigenvalue weighted by molar-refractivity contribution is 1.31. The maximum atomic E-state index is 2.30. The van der Waals surface area contributed by atoms with E-state index in [4.69, 9.17) is 0 Å². The molecule has 3 rings (SSSR count). The van der Waals surface area contributed by atoms with Crippen LogP contribution in [-0.2, 0) is 0 Å². The lowest BCUT2D eigenvalue weighted by atomic mass is 9.96. The fourth-order valence-corrected chi connectivity index (χ4v) is 2.71. The average molecular weight is 260 g/mol. The highest BCUT2D eigenvalue weighted by Gasteiger charge is 2.12. The van der Waals surface area contributed by atoms with E-state index < -0.39 is 0 Å². The summed E-state index contributed by atoms with van der Waals surface area (Å²) in [6, 6.07) is 15.5. The molecule has 0 bridgehead atoms. The summed E-state index contributed by atoms with van der Waals surface area (Å²) in [7, 11) is 0. The standard InChI is InChI=1S/C20H20/c1-14-5-4-6-17(11-14)19-9-10-20(13-19)18-8-7-15(2)16(3)12-18/h4-12H,13H2,1-3H3. The zero-order valence-corrected chi connectivity index (χ0v) is 12.4. The Balaban J connectivity index is 1.83. The first-order chi connectivity index (χ1) is 9.63. The summed E-state index contributed by atoms with van der Waals surface area (Å²) >= 11 is 0. The van der Waals surface area contributed by atoms with Crippen LogP contribution >= 0.6 is 0 Å². The summed E-state index contributed by atoms with van der Waals surface area (Å²) < 4.78 is 0. The van der Waals surface area contributed by atoms with Gasteiger partial charge in [-0.2, -0.15) is 0 Å².